The molecule has 1 aliphatic heterocycles. The number of rotatable bonds is 35. The van der Waals surface area contributed by atoms with Gasteiger partial charge in [0.05, 0.1) is 42.5 Å². The molecule has 16 heteroatoms. The Bertz CT molecular complexity index is 1860. The largest absolute Gasteiger partial charge is 0.455 e. The van der Waals surface area contributed by atoms with Gasteiger partial charge in [-0.1, -0.05) is 205 Å². The molecule has 0 radical (unpaired) electrons. The molecule has 452 valence electrons. The highest BCUT2D eigenvalue weighted by Gasteiger charge is 2.49. The maximum absolute atomic E-state index is 12.9. The summed E-state index contributed by atoms with van der Waals surface area (Å²) < 4.78 is 55.3. The molecule has 1 amide bonds. The molecular weight excluding hydrogens is 1010 g/mol. The topological polar surface area (TPSA) is 195 Å². The van der Waals surface area contributed by atoms with Crippen LogP contribution in [0.4, 0.5) is 18.0 Å². The SMILES string of the molecule is C.CC(=O)C(F)(F)F.CCCCCCCCCCCCCC[C@@H](O)[C@@H](O)[C@@H]1COC(C)(C)N1C(=O)OC(C)(C)C.CCCCCCCCCCCCCC[C@@H](OC(=O)c1ccccc1)[C@@H](OC(=O)c1ccccc1)[C@@H](N)CO.[2HH]. The van der Waals surface area contributed by atoms with E-state index in [4.69, 9.17) is 24.7 Å². The quantitative estimate of drug-likeness (QED) is 0.0290. The van der Waals surface area contributed by atoms with Gasteiger partial charge in [0.25, 0.3) is 0 Å². The third-order valence-electron chi connectivity index (χ3n) is 13.5. The molecule has 0 bridgehead atoms. The molecular formula is C62H107F3N2O11. The van der Waals surface area contributed by atoms with E-state index in [9.17, 15) is 47.7 Å². The predicted octanol–water partition coefficient (Wildman–Crippen LogP) is 15.0. The van der Waals surface area contributed by atoms with Crippen LogP contribution in [0.1, 0.15) is 252 Å². The number of carbonyl (C=O) groups is 4. The summed E-state index contributed by atoms with van der Waals surface area (Å²) in [6, 6.07) is 15.8. The zero-order valence-electron chi connectivity index (χ0n) is 48.3. The molecule has 13 nitrogen and oxygen atoms in total. The molecule has 6 atom stereocenters. The molecule has 0 spiro atoms. The van der Waals surface area contributed by atoms with Crippen molar-refractivity contribution in [3.8, 4) is 0 Å². The molecule has 1 aliphatic rings. The van der Waals surface area contributed by atoms with Crippen LogP contribution in [-0.2, 0) is 23.7 Å². The molecule has 1 heterocycles. The summed E-state index contributed by atoms with van der Waals surface area (Å²) in [6.45, 7) is 13.8. The molecule has 1 fully saturated rings. The highest BCUT2D eigenvalue weighted by Crippen LogP contribution is 2.32. The Kier molecular flexibility index (Phi) is 39.7. The maximum atomic E-state index is 12.9. The Morgan fingerprint density at radius 3 is 1.38 bits per heavy atom. The fourth-order valence-electron chi connectivity index (χ4n) is 8.94. The number of hydrogen-bond donors (Lipinski definition) is 4. The first-order valence-corrected chi connectivity index (χ1v) is 29.0. The maximum Gasteiger partial charge on any atom is 0.449 e. The zero-order valence-corrected chi connectivity index (χ0v) is 48.3. The minimum absolute atomic E-state index is 0. The monoisotopic (exact) mass is 1110 g/mol. The molecule has 0 unspecified atom stereocenters. The number of aliphatic hydroxyl groups excluding tert-OH is 3. The third kappa shape index (κ3) is 32.9. The van der Waals surface area contributed by atoms with Crippen LogP contribution in [0.3, 0.4) is 0 Å². The van der Waals surface area contributed by atoms with E-state index in [0.717, 1.165) is 32.1 Å². The molecule has 1 saturated heterocycles. The van der Waals surface area contributed by atoms with Crippen molar-refractivity contribution in [1.29, 1.82) is 0 Å². The van der Waals surface area contributed by atoms with Crippen molar-refractivity contribution in [2.24, 2.45) is 5.73 Å². The van der Waals surface area contributed by atoms with Crippen LogP contribution in [0.25, 0.3) is 0 Å². The van der Waals surface area contributed by atoms with E-state index in [1.165, 1.54) is 127 Å². The van der Waals surface area contributed by atoms with Gasteiger partial charge in [-0.2, -0.15) is 13.2 Å². The van der Waals surface area contributed by atoms with Crippen molar-refractivity contribution in [2.75, 3.05) is 13.2 Å². The minimum Gasteiger partial charge on any atom is -0.455 e. The Labute approximate surface area is 469 Å². The summed E-state index contributed by atoms with van der Waals surface area (Å²) in [5.41, 5.74) is 5.44. The van der Waals surface area contributed by atoms with Gasteiger partial charge in [-0.05, 0) is 78.1 Å². The molecule has 0 aromatic heterocycles. The van der Waals surface area contributed by atoms with Crippen LogP contribution in [-0.4, -0.2) is 111 Å². The fraction of sp³-hybridized carbons (Fsp3) is 0.742. The number of alkyl halides is 3. The van der Waals surface area contributed by atoms with Crippen molar-refractivity contribution in [2.45, 2.75) is 284 Å². The van der Waals surface area contributed by atoms with Crippen LogP contribution < -0.4 is 5.73 Å². The first kappa shape index (κ1) is 73.9. The molecule has 0 saturated carbocycles. The summed E-state index contributed by atoms with van der Waals surface area (Å²) in [5, 5.41) is 31.1. The number of aliphatic hydroxyl groups is 3. The van der Waals surface area contributed by atoms with Gasteiger partial charge >= 0.3 is 24.2 Å². The Morgan fingerprint density at radius 1 is 0.667 bits per heavy atom. The van der Waals surface area contributed by atoms with E-state index in [0.29, 0.717) is 30.9 Å². The number of ether oxygens (including phenoxy) is 4. The van der Waals surface area contributed by atoms with Crippen LogP contribution in [0, 0.1) is 0 Å². The van der Waals surface area contributed by atoms with Crippen LogP contribution >= 0.6 is 0 Å². The van der Waals surface area contributed by atoms with Gasteiger partial charge in [-0.3, -0.25) is 9.69 Å². The lowest BCUT2D eigenvalue weighted by atomic mass is 9.98. The second-order valence-electron chi connectivity index (χ2n) is 22.0. The number of unbranched alkanes of at least 4 members (excludes halogenated alkanes) is 22. The third-order valence-corrected chi connectivity index (χ3v) is 13.5. The van der Waals surface area contributed by atoms with Crippen molar-refractivity contribution in [3.63, 3.8) is 0 Å². The molecule has 3 rings (SSSR count). The number of halogens is 3. The lowest BCUT2D eigenvalue weighted by Crippen LogP contribution is -2.55. The van der Waals surface area contributed by atoms with E-state index in [-0.39, 0.29) is 15.5 Å². The van der Waals surface area contributed by atoms with Crippen molar-refractivity contribution >= 4 is 23.8 Å². The van der Waals surface area contributed by atoms with Crippen molar-refractivity contribution in [1.82, 2.24) is 4.90 Å². The lowest BCUT2D eigenvalue weighted by molar-refractivity contribution is -0.168. The zero-order chi connectivity index (χ0) is 57.7. The van der Waals surface area contributed by atoms with Crippen LogP contribution in [0.5, 0.6) is 0 Å². The summed E-state index contributed by atoms with van der Waals surface area (Å²) in [5.74, 6) is -2.82. The number of benzene rings is 2. The van der Waals surface area contributed by atoms with Gasteiger partial charge in [0.2, 0.25) is 5.78 Å². The molecule has 78 heavy (non-hydrogen) atoms. The predicted molar refractivity (Wildman–Crippen MR) is 307 cm³/mol. The lowest BCUT2D eigenvalue weighted by Gasteiger charge is -2.37. The summed E-state index contributed by atoms with van der Waals surface area (Å²) in [4.78, 5) is 49.2. The average molecular weight is 1110 g/mol. The van der Waals surface area contributed by atoms with E-state index in [1.807, 2.05) is 32.9 Å². The van der Waals surface area contributed by atoms with Gasteiger partial charge < -0.3 is 40.0 Å². The van der Waals surface area contributed by atoms with Crippen molar-refractivity contribution in [3.05, 3.63) is 71.8 Å². The Hall–Kier alpha value is -4.09. The second-order valence-corrected chi connectivity index (χ2v) is 22.0. The standard InChI is InChI=1S/C32H47NO5.C26H51NO5.C3H3F3O.CH4.H2/c1-2-3-4-5-6-7-8-9-10-11-12-19-24-29(37-31(35)26-20-15-13-16-21-26)30(28(33)25-34)38-32(36)27-22-17-14-18-23-27;1-7-8-9-10-11-12-13-14-15-16-17-18-19-22(28)23(29)21-20-31-26(5,6)27(21)24(30)32-25(2,3)4;1-2(7)3(4,5)6;;/h13-18,20-23,28-30,34H,2-12,19,24-25,33H2,1H3;21-23,28-29H,7-20H2,1-6H3;1H3;1H4;1H/t28-,29+,30-;21-,22+,23-;;;/m00.../s1/i;;;;1+1. The Morgan fingerprint density at radius 2 is 1.03 bits per heavy atom. The average Bonchev–Trinajstić information content (AvgIpc) is 3.72. The van der Waals surface area contributed by atoms with Crippen LogP contribution in [0.15, 0.2) is 60.7 Å². The number of amides is 1. The van der Waals surface area contributed by atoms with E-state index in [2.05, 4.69) is 13.8 Å². The summed E-state index contributed by atoms with van der Waals surface area (Å²) in [7, 11) is 0. The van der Waals surface area contributed by atoms with Crippen LogP contribution in [0.2, 0.25) is 0 Å². The first-order valence-electron chi connectivity index (χ1n) is 29.0. The van der Waals surface area contributed by atoms with Gasteiger partial charge in [-0.25, -0.2) is 14.4 Å². The summed E-state index contributed by atoms with van der Waals surface area (Å²) in [6.07, 6.45) is 21.9. The molecule has 0 aliphatic carbocycles. The van der Waals surface area contributed by atoms with E-state index >= 15 is 0 Å². The second kappa shape index (κ2) is 41.9. The number of nitrogens with two attached hydrogens (primary N) is 1. The number of hydrogen-bond acceptors (Lipinski definition) is 12. The van der Waals surface area contributed by atoms with Gasteiger partial charge in [0.15, 0.2) is 6.10 Å². The van der Waals surface area contributed by atoms with Gasteiger partial charge in [0.1, 0.15) is 23.5 Å². The Balaban J connectivity index is 0. The normalized spacial score (nSPS) is 15.9. The fourth-order valence-corrected chi connectivity index (χ4v) is 8.94. The number of ketones is 1. The van der Waals surface area contributed by atoms with Crippen molar-refractivity contribution < 1.29 is 68.0 Å². The number of esters is 2. The highest BCUT2D eigenvalue weighted by atomic mass is 19.4. The number of nitrogens with zero attached hydrogens (tertiary/aromatic N) is 1. The summed E-state index contributed by atoms with van der Waals surface area (Å²) >= 11 is 0. The van der Waals surface area contributed by atoms with E-state index < -0.39 is 84.4 Å². The molecule has 2 aromatic carbocycles. The minimum atomic E-state index is -4.64. The number of Topliss-reactive ketones (excluding diaryl/α,β-unsaturated/α-hetero) is 1. The highest BCUT2D eigenvalue weighted by molar-refractivity contribution is 5.90. The smallest absolute Gasteiger partial charge is 0.449 e. The van der Waals surface area contributed by atoms with Gasteiger partial charge in [0, 0.05) is 8.35 Å². The first-order chi connectivity index (χ1) is 36.5. The number of carbonyl (C=O) groups excluding carboxylic acids is 4. The molecule has 2 aromatic rings. The van der Waals surface area contributed by atoms with E-state index in [1.54, 1.807) is 62.4 Å². The van der Waals surface area contributed by atoms with Gasteiger partial charge in [-0.15, -0.1) is 0 Å². The molecule has 5 N–H and O–H groups in total.